The molecule has 3 rings (SSSR count). The molecule has 2 aromatic rings. The highest BCUT2D eigenvalue weighted by Gasteiger charge is 2.64. The Bertz CT molecular complexity index is 691. The summed E-state index contributed by atoms with van der Waals surface area (Å²) in [5.41, 5.74) is -1.86. The minimum Gasteiger partial charge on any atom is -0.424 e. The number of alkyl halides is 3. The predicted octanol–water partition coefficient (Wildman–Crippen LogP) is 3.24. The summed E-state index contributed by atoms with van der Waals surface area (Å²) >= 11 is 0. The first-order valence-corrected chi connectivity index (χ1v) is 5.71. The van der Waals surface area contributed by atoms with E-state index in [1.165, 1.54) is 12.1 Å². The molecule has 1 fully saturated rings. The van der Waals surface area contributed by atoms with Gasteiger partial charge in [0.1, 0.15) is 11.1 Å². The van der Waals surface area contributed by atoms with E-state index < -0.39 is 16.6 Å². The van der Waals surface area contributed by atoms with Gasteiger partial charge in [0.2, 0.25) is 0 Å². The van der Waals surface area contributed by atoms with Crippen LogP contribution in [0.5, 0.6) is 0 Å². The number of rotatable bonds is 3. The zero-order chi connectivity index (χ0) is 14.5. The average Bonchev–Trinajstić information content (AvgIpc) is 3.02. The van der Waals surface area contributed by atoms with Gasteiger partial charge in [0, 0.05) is 12.1 Å². The maximum Gasteiger partial charge on any atom is 0.411 e. The fourth-order valence-electron chi connectivity index (χ4n) is 1.89. The van der Waals surface area contributed by atoms with Gasteiger partial charge in [0.05, 0.1) is 4.92 Å². The Labute approximate surface area is 109 Å². The van der Waals surface area contributed by atoms with Gasteiger partial charge in [0.25, 0.3) is 11.7 Å². The van der Waals surface area contributed by atoms with Crippen molar-refractivity contribution >= 4 is 22.8 Å². The molecule has 1 saturated carbocycles. The Balaban J connectivity index is 1.92. The molecule has 0 atom stereocenters. The molecule has 20 heavy (non-hydrogen) atoms. The van der Waals surface area contributed by atoms with Crippen LogP contribution in [0.3, 0.4) is 0 Å². The third-order valence-electron chi connectivity index (χ3n) is 3.22. The van der Waals surface area contributed by atoms with Crippen molar-refractivity contribution in [2.24, 2.45) is 0 Å². The Morgan fingerprint density at radius 1 is 1.40 bits per heavy atom. The molecule has 1 N–H and O–H groups in total. The van der Waals surface area contributed by atoms with Gasteiger partial charge >= 0.3 is 6.18 Å². The molecular formula is C11H8F3N3O3. The SMILES string of the molecule is O=[N+]([O-])c1ccc2oc(NC3(C(F)(F)F)CC3)nc2c1. The molecule has 0 radical (unpaired) electrons. The van der Waals surface area contributed by atoms with Crippen molar-refractivity contribution in [3.05, 3.63) is 28.3 Å². The lowest BCUT2D eigenvalue weighted by molar-refractivity contribution is -0.384. The summed E-state index contributed by atoms with van der Waals surface area (Å²) in [6, 6.07) is 3.37. The van der Waals surface area contributed by atoms with Gasteiger partial charge in [-0.1, -0.05) is 0 Å². The molecule has 0 amide bonds. The van der Waals surface area contributed by atoms with Crippen LogP contribution >= 0.6 is 0 Å². The fourth-order valence-corrected chi connectivity index (χ4v) is 1.89. The van der Waals surface area contributed by atoms with Gasteiger partial charge in [-0.25, -0.2) is 0 Å². The van der Waals surface area contributed by atoms with Crippen molar-refractivity contribution in [3.8, 4) is 0 Å². The number of nitrogens with zero attached hydrogens (tertiary/aromatic N) is 2. The van der Waals surface area contributed by atoms with Crippen LogP contribution in [0.1, 0.15) is 12.8 Å². The Morgan fingerprint density at radius 3 is 2.65 bits per heavy atom. The highest BCUT2D eigenvalue weighted by molar-refractivity contribution is 5.77. The lowest BCUT2D eigenvalue weighted by atomic mass is 10.3. The van der Waals surface area contributed by atoms with E-state index in [2.05, 4.69) is 10.3 Å². The maximum atomic E-state index is 12.8. The normalized spacial score (nSPS) is 17.1. The smallest absolute Gasteiger partial charge is 0.411 e. The van der Waals surface area contributed by atoms with E-state index in [0.29, 0.717) is 0 Å². The first-order chi connectivity index (χ1) is 9.31. The van der Waals surface area contributed by atoms with E-state index >= 15 is 0 Å². The summed E-state index contributed by atoms with van der Waals surface area (Å²) in [6.45, 7) is 0. The molecule has 0 unspecified atom stereocenters. The third kappa shape index (κ3) is 1.95. The van der Waals surface area contributed by atoms with E-state index in [1.807, 2.05) is 0 Å². The zero-order valence-electron chi connectivity index (χ0n) is 9.90. The Kier molecular flexibility index (Phi) is 2.44. The lowest BCUT2D eigenvalue weighted by Crippen LogP contribution is -2.38. The number of oxazole rings is 1. The molecule has 106 valence electrons. The number of fused-ring (bicyclic) bond motifs is 1. The van der Waals surface area contributed by atoms with E-state index in [4.69, 9.17) is 4.42 Å². The summed E-state index contributed by atoms with van der Waals surface area (Å²) in [5, 5.41) is 12.8. The second-order valence-electron chi connectivity index (χ2n) is 4.63. The van der Waals surface area contributed by atoms with Crippen LogP contribution < -0.4 is 5.32 Å². The number of aromatic nitrogens is 1. The summed E-state index contributed by atoms with van der Waals surface area (Å²) in [7, 11) is 0. The van der Waals surface area contributed by atoms with Gasteiger partial charge in [-0.3, -0.25) is 10.1 Å². The summed E-state index contributed by atoms with van der Waals surface area (Å²) in [6.07, 6.45) is -4.48. The first-order valence-electron chi connectivity index (χ1n) is 5.71. The van der Waals surface area contributed by atoms with Gasteiger partial charge < -0.3 is 9.73 Å². The highest BCUT2D eigenvalue weighted by Crippen LogP contribution is 2.51. The number of anilines is 1. The van der Waals surface area contributed by atoms with Crippen molar-refractivity contribution in [2.45, 2.75) is 24.6 Å². The van der Waals surface area contributed by atoms with Crippen LogP contribution in [0, 0.1) is 10.1 Å². The second kappa shape index (κ2) is 3.84. The number of hydrogen-bond acceptors (Lipinski definition) is 5. The number of nitro groups is 1. The minimum atomic E-state index is -4.39. The number of non-ortho nitro benzene ring substituents is 1. The largest absolute Gasteiger partial charge is 0.424 e. The number of nitrogens with one attached hydrogen (secondary N) is 1. The van der Waals surface area contributed by atoms with E-state index in [-0.39, 0.29) is 35.6 Å². The summed E-state index contributed by atoms with van der Waals surface area (Å²) in [4.78, 5) is 13.8. The quantitative estimate of drug-likeness (QED) is 0.692. The average molecular weight is 287 g/mol. The fraction of sp³-hybridized carbons (Fsp3) is 0.364. The van der Waals surface area contributed by atoms with E-state index in [9.17, 15) is 23.3 Å². The highest BCUT2D eigenvalue weighted by atomic mass is 19.4. The van der Waals surface area contributed by atoms with Crippen molar-refractivity contribution in [1.82, 2.24) is 4.98 Å². The van der Waals surface area contributed by atoms with Crippen molar-refractivity contribution in [3.63, 3.8) is 0 Å². The molecule has 0 spiro atoms. The van der Waals surface area contributed by atoms with Crippen molar-refractivity contribution < 1.29 is 22.5 Å². The molecule has 0 aliphatic heterocycles. The molecule has 1 aromatic heterocycles. The van der Waals surface area contributed by atoms with Crippen LogP contribution in [-0.4, -0.2) is 21.6 Å². The molecule has 9 heteroatoms. The van der Waals surface area contributed by atoms with Crippen molar-refractivity contribution in [1.29, 1.82) is 0 Å². The molecule has 1 aliphatic rings. The van der Waals surface area contributed by atoms with Crippen LogP contribution in [0.4, 0.5) is 24.9 Å². The number of nitro benzene ring substituents is 1. The number of hydrogen-bond donors (Lipinski definition) is 1. The van der Waals surface area contributed by atoms with E-state index in [0.717, 1.165) is 6.07 Å². The zero-order valence-corrected chi connectivity index (χ0v) is 9.90. The summed E-state index contributed by atoms with van der Waals surface area (Å²) in [5.74, 6) is 0. The predicted molar refractivity (Wildman–Crippen MR) is 62.3 cm³/mol. The third-order valence-corrected chi connectivity index (χ3v) is 3.22. The second-order valence-corrected chi connectivity index (χ2v) is 4.63. The molecule has 6 nitrogen and oxygen atoms in total. The Hall–Kier alpha value is -2.32. The van der Waals surface area contributed by atoms with Crippen molar-refractivity contribution in [2.75, 3.05) is 5.32 Å². The summed E-state index contributed by atoms with van der Waals surface area (Å²) < 4.78 is 43.5. The van der Waals surface area contributed by atoms with E-state index in [1.54, 1.807) is 0 Å². The molecular weight excluding hydrogens is 279 g/mol. The first kappa shape index (κ1) is 12.7. The van der Waals surface area contributed by atoms with Gasteiger partial charge in [0.15, 0.2) is 5.58 Å². The van der Waals surface area contributed by atoms with Gasteiger partial charge in [-0.05, 0) is 18.9 Å². The Morgan fingerprint density at radius 2 is 2.10 bits per heavy atom. The number of halogens is 3. The molecule has 1 aromatic carbocycles. The van der Waals surface area contributed by atoms with Crippen LogP contribution in [0.15, 0.2) is 22.6 Å². The molecule has 0 bridgehead atoms. The molecule has 0 saturated heterocycles. The standard InChI is InChI=1S/C11H8F3N3O3/c12-11(13,14)10(3-4-10)16-9-15-7-5-6(17(18)19)1-2-8(7)20-9/h1-2,5H,3-4H2,(H,15,16). The lowest BCUT2D eigenvalue weighted by Gasteiger charge is -2.19. The molecule has 1 heterocycles. The van der Waals surface area contributed by atoms with Gasteiger partial charge in [-0.2, -0.15) is 18.2 Å². The minimum absolute atomic E-state index is 0.0463. The number of benzene rings is 1. The van der Waals surface area contributed by atoms with Crippen LogP contribution in [0.2, 0.25) is 0 Å². The van der Waals surface area contributed by atoms with Gasteiger partial charge in [-0.15, -0.1) is 0 Å². The monoisotopic (exact) mass is 287 g/mol. The molecule has 1 aliphatic carbocycles. The maximum absolute atomic E-state index is 12.8. The van der Waals surface area contributed by atoms with Crippen LogP contribution in [-0.2, 0) is 0 Å². The topological polar surface area (TPSA) is 81.2 Å². The van der Waals surface area contributed by atoms with Crippen LogP contribution in [0.25, 0.3) is 11.1 Å².